The Balaban J connectivity index is 1.85. The van der Waals surface area contributed by atoms with E-state index in [-0.39, 0.29) is 5.75 Å². The number of likely N-dealkylation sites (tertiary alicyclic amines) is 1. The normalized spacial score (nSPS) is 15.4. The Morgan fingerprint density at radius 2 is 1.84 bits per heavy atom. The Labute approximate surface area is 188 Å². The molecule has 0 spiro atoms. The average Bonchev–Trinajstić information content (AvgIpc) is 3.16. The molecular formula is C20H26F2N6O3S. The van der Waals surface area contributed by atoms with Crippen molar-refractivity contribution < 1.29 is 23.1 Å². The number of carbonyl (C=O) groups is 2. The molecule has 174 valence electrons. The highest BCUT2D eigenvalue weighted by Gasteiger charge is 2.23. The molecule has 1 aromatic heterocycles. The Kier molecular flexibility index (Phi) is 8.39. The molecule has 12 heteroatoms. The number of alkyl halides is 2. The number of thioether (sulfide) groups is 1. The summed E-state index contributed by atoms with van der Waals surface area (Å²) in [5, 5.41) is 13.0. The first-order chi connectivity index (χ1) is 15.4. The average molecular weight is 469 g/mol. The molecular weight excluding hydrogens is 442 g/mol. The molecule has 1 aliphatic heterocycles. The zero-order valence-corrected chi connectivity index (χ0v) is 18.7. The molecule has 2 N–H and O–H groups in total. The van der Waals surface area contributed by atoms with Gasteiger partial charge in [0.1, 0.15) is 5.75 Å². The summed E-state index contributed by atoms with van der Waals surface area (Å²) in [6.45, 7) is 1.24. The second-order valence-corrected chi connectivity index (χ2v) is 8.58. The van der Waals surface area contributed by atoms with Crippen LogP contribution in [0.5, 0.6) is 5.75 Å². The lowest BCUT2D eigenvalue weighted by atomic mass is 10.1. The number of rotatable bonds is 8. The quantitative estimate of drug-likeness (QED) is 0.575. The first-order valence-electron chi connectivity index (χ1n) is 10.3. The van der Waals surface area contributed by atoms with Gasteiger partial charge in [0.05, 0.1) is 11.8 Å². The maximum Gasteiger partial charge on any atom is 0.387 e. The molecule has 9 nitrogen and oxygen atoms in total. The number of benzene rings is 1. The van der Waals surface area contributed by atoms with Crippen molar-refractivity contribution in [2.45, 2.75) is 49.7 Å². The van der Waals surface area contributed by atoms with E-state index in [1.807, 2.05) is 0 Å². The number of halogens is 2. The van der Waals surface area contributed by atoms with Crippen molar-refractivity contribution in [3.63, 3.8) is 0 Å². The fourth-order valence-electron chi connectivity index (χ4n) is 3.32. The molecule has 1 unspecified atom stereocenters. The van der Waals surface area contributed by atoms with Gasteiger partial charge in [-0.2, -0.15) is 8.78 Å². The van der Waals surface area contributed by atoms with Crippen molar-refractivity contribution >= 4 is 23.7 Å². The molecule has 3 rings (SSSR count). The highest BCUT2D eigenvalue weighted by molar-refractivity contribution is 8.00. The van der Waals surface area contributed by atoms with Gasteiger partial charge in [-0.05, 0) is 57.1 Å². The summed E-state index contributed by atoms with van der Waals surface area (Å²) in [6.07, 6.45) is 3.44. The number of carbonyl (C=O) groups excluding carboxylic acids is 2. The van der Waals surface area contributed by atoms with Crippen LogP contribution < -0.4 is 15.4 Å². The maximum absolute atomic E-state index is 12.5. The van der Waals surface area contributed by atoms with Crippen molar-refractivity contribution in [3.8, 4) is 11.4 Å². The van der Waals surface area contributed by atoms with Crippen LogP contribution in [0.25, 0.3) is 5.69 Å². The third-order valence-corrected chi connectivity index (χ3v) is 5.99. The number of piperidine rings is 1. The Hall–Kier alpha value is -2.73. The number of hydrogen-bond donors (Lipinski definition) is 2. The summed E-state index contributed by atoms with van der Waals surface area (Å²) in [7, 11) is 1.42. The first kappa shape index (κ1) is 23.9. The van der Waals surface area contributed by atoms with Gasteiger partial charge < -0.3 is 10.1 Å². The molecule has 1 aliphatic rings. The minimum atomic E-state index is -2.91. The van der Waals surface area contributed by atoms with Crippen LogP contribution in [0.15, 0.2) is 29.4 Å². The number of amides is 3. The molecule has 1 fully saturated rings. The smallest absolute Gasteiger partial charge is 0.387 e. The lowest BCUT2D eigenvalue weighted by molar-refractivity contribution is -0.119. The molecule has 0 aliphatic carbocycles. The van der Waals surface area contributed by atoms with Gasteiger partial charge in [-0.15, -0.1) is 10.2 Å². The van der Waals surface area contributed by atoms with E-state index in [2.05, 4.69) is 30.5 Å². The lowest BCUT2D eigenvalue weighted by Gasteiger charge is -2.26. The zero-order valence-electron chi connectivity index (χ0n) is 17.9. The first-order valence-corrected chi connectivity index (χ1v) is 11.2. The third-order valence-electron chi connectivity index (χ3n) is 4.95. The summed E-state index contributed by atoms with van der Waals surface area (Å²) in [5.74, 6) is 0.250. The molecule has 0 saturated carbocycles. The van der Waals surface area contributed by atoms with Crippen LogP contribution in [0.3, 0.4) is 0 Å². The van der Waals surface area contributed by atoms with Crippen molar-refractivity contribution in [3.05, 3.63) is 30.1 Å². The predicted molar refractivity (Wildman–Crippen MR) is 115 cm³/mol. The second kappa shape index (κ2) is 11.2. The molecule has 0 radical (unpaired) electrons. The van der Waals surface area contributed by atoms with E-state index in [1.54, 1.807) is 23.6 Å². The number of nitrogens with one attached hydrogen (secondary N) is 2. The number of aromatic nitrogens is 3. The van der Waals surface area contributed by atoms with Crippen LogP contribution in [0.4, 0.5) is 13.6 Å². The largest absolute Gasteiger partial charge is 0.435 e. The summed E-state index contributed by atoms with van der Waals surface area (Å²) in [6, 6.07) is 5.58. The fraction of sp³-hybridized carbons (Fsp3) is 0.500. The number of hydrogen-bond acceptors (Lipinski definition) is 7. The summed E-state index contributed by atoms with van der Waals surface area (Å²) >= 11 is 1.15. The van der Waals surface area contributed by atoms with E-state index in [1.165, 1.54) is 25.6 Å². The molecule has 1 saturated heterocycles. The number of nitrogens with zero attached hydrogens (tertiary/aromatic N) is 4. The van der Waals surface area contributed by atoms with Gasteiger partial charge in [-0.1, -0.05) is 18.2 Å². The minimum Gasteiger partial charge on any atom is -0.435 e. The molecule has 2 heterocycles. The minimum absolute atomic E-state index is 0.0435. The van der Waals surface area contributed by atoms with E-state index in [0.717, 1.165) is 37.7 Å². The van der Waals surface area contributed by atoms with E-state index >= 15 is 0 Å². The van der Waals surface area contributed by atoms with Gasteiger partial charge in [0.15, 0.2) is 11.0 Å². The van der Waals surface area contributed by atoms with Gasteiger partial charge in [0, 0.05) is 12.7 Å². The van der Waals surface area contributed by atoms with E-state index in [0.29, 0.717) is 23.2 Å². The van der Waals surface area contributed by atoms with Crippen molar-refractivity contribution in [2.75, 3.05) is 20.1 Å². The standard InChI is InChI=1S/C20H26F2N6O3S/c1-13(17(29)24-19(30)23-2)32-20-26-25-16(12-27-10-4-3-5-11-27)28(20)14-6-8-15(9-7-14)31-18(21)22/h6-9,13,18H,3-5,10-12H2,1-2H3,(H2,23,24,29,30). The Morgan fingerprint density at radius 1 is 1.16 bits per heavy atom. The van der Waals surface area contributed by atoms with Crippen LogP contribution in [0.1, 0.15) is 32.0 Å². The highest BCUT2D eigenvalue weighted by atomic mass is 32.2. The maximum atomic E-state index is 12.5. The van der Waals surface area contributed by atoms with Gasteiger partial charge in [0.2, 0.25) is 5.91 Å². The zero-order chi connectivity index (χ0) is 23.1. The predicted octanol–water partition coefficient (Wildman–Crippen LogP) is 2.79. The highest BCUT2D eigenvalue weighted by Crippen LogP contribution is 2.28. The number of ether oxygens (including phenoxy) is 1. The Morgan fingerprint density at radius 3 is 2.47 bits per heavy atom. The van der Waals surface area contributed by atoms with E-state index in [4.69, 9.17) is 0 Å². The molecule has 3 amide bonds. The molecule has 32 heavy (non-hydrogen) atoms. The summed E-state index contributed by atoms with van der Waals surface area (Å²) in [4.78, 5) is 26.0. The van der Waals surface area contributed by atoms with Gasteiger partial charge >= 0.3 is 12.6 Å². The number of urea groups is 1. The molecule has 0 bridgehead atoms. The van der Waals surface area contributed by atoms with Crippen LogP contribution in [-0.2, 0) is 11.3 Å². The van der Waals surface area contributed by atoms with Crippen molar-refractivity contribution in [2.24, 2.45) is 0 Å². The van der Waals surface area contributed by atoms with Crippen LogP contribution >= 0.6 is 11.8 Å². The third kappa shape index (κ3) is 6.39. The molecule has 1 atom stereocenters. The topological polar surface area (TPSA) is 101 Å². The molecule has 2 aromatic rings. The van der Waals surface area contributed by atoms with Crippen LogP contribution in [-0.4, -0.2) is 63.6 Å². The Bertz CT molecular complexity index is 919. The van der Waals surface area contributed by atoms with E-state index in [9.17, 15) is 18.4 Å². The summed E-state index contributed by atoms with van der Waals surface area (Å²) in [5.41, 5.74) is 0.657. The second-order valence-electron chi connectivity index (χ2n) is 7.27. The summed E-state index contributed by atoms with van der Waals surface area (Å²) < 4.78 is 31.2. The lowest BCUT2D eigenvalue weighted by Crippen LogP contribution is -2.41. The molecule has 1 aromatic carbocycles. The van der Waals surface area contributed by atoms with Crippen molar-refractivity contribution in [1.29, 1.82) is 0 Å². The monoisotopic (exact) mass is 468 g/mol. The van der Waals surface area contributed by atoms with Gasteiger partial charge in [0.25, 0.3) is 0 Å². The van der Waals surface area contributed by atoms with Crippen LogP contribution in [0, 0.1) is 0 Å². The van der Waals surface area contributed by atoms with Crippen LogP contribution in [0.2, 0.25) is 0 Å². The number of imide groups is 1. The van der Waals surface area contributed by atoms with Gasteiger partial charge in [-0.3, -0.25) is 19.6 Å². The van der Waals surface area contributed by atoms with E-state index < -0.39 is 23.8 Å². The van der Waals surface area contributed by atoms with Crippen molar-refractivity contribution in [1.82, 2.24) is 30.3 Å². The SMILES string of the molecule is CNC(=O)NC(=O)C(C)Sc1nnc(CN2CCCCC2)n1-c1ccc(OC(F)F)cc1. The fourth-order valence-corrected chi connectivity index (χ4v) is 4.21. The van der Waals surface area contributed by atoms with Gasteiger partial charge in [-0.25, -0.2) is 4.79 Å².